The zero-order chi connectivity index (χ0) is 17.0. The standard InChI is InChI=1S/C20H29NO3/c1-15-5-3-4-6-18(15)20(9-11-23-12-10-20)14-21-19(22)16(2)24-13-17-7-8-17/h3-6,16-17H,7-14H2,1-2H3,(H,21,22)/t16-/m1/s1. The molecule has 1 atom stereocenters. The highest BCUT2D eigenvalue weighted by Crippen LogP contribution is 2.36. The van der Waals surface area contributed by atoms with Gasteiger partial charge in [-0.25, -0.2) is 0 Å². The van der Waals surface area contributed by atoms with Crippen molar-refractivity contribution in [2.24, 2.45) is 5.92 Å². The molecule has 1 saturated carbocycles. The second kappa shape index (κ2) is 7.66. The number of nitrogens with one attached hydrogen (secondary N) is 1. The molecule has 0 aromatic heterocycles. The third-order valence-electron chi connectivity index (χ3n) is 5.42. The SMILES string of the molecule is Cc1ccccc1C1(CNC(=O)[C@@H](C)OCC2CC2)CCOCC1. The van der Waals surface area contributed by atoms with E-state index in [0.717, 1.165) is 26.1 Å². The third kappa shape index (κ3) is 4.17. The average molecular weight is 331 g/mol. The first-order valence-corrected chi connectivity index (χ1v) is 9.14. The van der Waals surface area contributed by atoms with Crippen LogP contribution < -0.4 is 5.32 Å². The Balaban J connectivity index is 1.64. The molecule has 1 heterocycles. The molecule has 1 aromatic carbocycles. The summed E-state index contributed by atoms with van der Waals surface area (Å²) >= 11 is 0. The summed E-state index contributed by atoms with van der Waals surface area (Å²) < 4.78 is 11.3. The molecule has 0 radical (unpaired) electrons. The number of hydrogen-bond donors (Lipinski definition) is 1. The van der Waals surface area contributed by atoms with Gasteiger partial charge in [0, 0.05) is 25.2 Å². The summed E-state index contributed by atoms with van der Waals surface area (Å²) in [5, 5.41) is 3.14. The Hall–Kier alpha value is -1.39. The monoisotopic (exact) mass is 331 g/mol. The zero-order valence-corrected chi connectivity index (χ0v) is 14.8. The van der Waals surface area contributed by atoms with Gasteiger partial charge in [-0.3, -0.25) is 4.79 Å². The summed E-state index contributed by atoms with van der Waals surface area (Å²) in [5.41, 5.74) is 2.59. The van der Waals surface area contributed by atoms with E-state index in [-0.39, 0.29) is 17.4 Å². The average Bonchev–Trinajstić information content (AvgIpc) is 3.43. The quantitative estimate of drug-likeness (QED) is 0.835. The van der Waals surface area contributed by atoms with Crippen molar-refractivity contribution in [1.82, 2.24) is 5.32 Å². The Bertz CT molecular complexity index is 562. The summed E-state index contributed by atoms with van der Waals surface area (Å²) in [4.78, 5) is 12.4. The Morgan fingerprint density at radius 2 is 2.04 bits per heavy atom. The first-order chi connectivity index (χ1) is 11.6. The molecule has 1 aliphatic heterocycles. The number of ether oxygens (including phenoxy) is 2. The maximum atomic E-state index is 12.4. The highest BCUT2D eigenvalue weighted by Gasteiger charge is 2.36. The van der Waals surface area contributed by atoms with Crippen molar-refractivity contribution in [1.29, 1.82) is 0 Å². The largest absolute Gasteiger partial charge is 0.381 e. The molecule has 1 saturated heterocycles. The van der Waals surface area contributed by atoms with Crippen molar-refractivity contribution in [3.8, 4) is 0 Å². The lowest BCUT2D eigenvalue weighted by molar-refractivity contribution is -0.132. The maximum absolute atomic E-state index is 12.4. The lowest BCUT2D eigenvalue weighted by Gasteiger charge is -2.39. The Kier molecular flexibility index (Phi) is 5.57. The molecule has 132 valence electrons. The second-order valence-electron chi connectivity index (χ2n) is 7.34. The van der Waals surface area contributed by atoms with Crippen LogP contribution in [-0.2, 0) is 19.7 Å². The molecular formula is C20H29NO3. The predicted molar refractivity (Wildman–Crippen MR) is 94.1 cm³/mol. The van der Waals surface area contributed by atoms with Gasteiger partial charge in [-0.2, -0.15) is 0 Å². The third-order valence-corrected chi connectivity index (χ3v) is 5.42. The van der Waals surface area contributed by atoms with Gasteiger partial charge >= 0.3 is 0 Å². The van der Waals surface area contributed by atoms with Gasteiger partial charge in [0.25, 0.3) is 0 Å². The van der Waals surface area contributed by atoms with E-state index in [0.29, 0.717) is 19.1 Å². The molecule has 1 aromatic rings. The second-order valence-corrected chi connectivity index (χ2v) is 7.34. The fraction of sp³-hybridized carbons (Fsp3) is 0.650. The van der Waals surface area contributed by atoms with Gasteiger partial charge < -0.3 is 14.8 Å². The Morgan fingerprint density at radius 1 is 1.33 bits per heavy atom. The van der Waals surface area contributed by atoms with Crippen molar-refractivity contribution in [2.45, 2.75) is 51.0 Å². The van der Waals surface area contributed by atoms with Crippen LogP contribution in [0.5, 0.6) is 0 Å². The maximum Gasteiger partial charge on any atom is 0.248 e. The summed E-state index contributed by atoms with van der Waals surface area (Å²) in [5.74, 6) is 0.671. The molecule has 2 aliphatic rings. The molecule has 0 bridgehead atoms. The number of rotatable bonds is 7. The lowest BCUT2D eigenvalue weighted by atomic mass is 9.72. The van der Waals surface area contributed by atoms with Gasteiger partial charge in [0.05, 0.1) is 6.61 Å². The lowest BCUT2D eigenvalue weighted by Crippen LogP contribution is -2.47. The van der Waals surface area contributed by atoms with Crippen LogP contribution in [0.1, 0.15) is 43.7 Å². The minimum Gasteiger partial charge on any atom is -0.381 e. The molecule has 1 amide bonds. The minimum atomic E-state index is -0.376. The van der Waals surface area contributed by atoms with Gasteiger partial charge in [0.2, 0.25) is 5.91 Å². The van der Waals surface area contributed by atoms with Crippen LogP contribution in [0.3, 0.4) is 0 Å². The molecular weight excluding hydrogens is 302 g/mol. The van der Waals surface area contributed by atoms with Crippen LogP contribution in [-0.4, -0.2) is 38.4 Å². The molecule has 24 heavy (non-hydrogen) atoms. The number of aryl methyl sites for hydroxylation is 1. The van der Waals surface area contributed by atoms with Gasteiger partial charge in [-0.05, 0) is 56.6 Å². The van der Waals surface area contributed by atoms with E-state index in [1.807, 2.05) is 6.92 Å². The van der Waals surface area contributed by atoms with Crippen molar-refractivity contribution >= 4 is 5.91 Å². The van der Waals surface area contributed by atoms with Crippen LogP contribution in [0.15, 0.2) is 24.3 Å². The summed E-state index contributed by atoms with van der Waals surface area (Å²) in [6.07, 6.45) is 3.99. The smallest absolute Gasteiger partial charge is 0.248 e. The van der Waals surface area contributed by atoms with Crippen LogP contribution in [0.4, 0.5) is 0 Å². The van der Waals surface area contributed by atoms with Crippen LogP contribution in [0.2, 0.25) is 0 Å². The molecule has 4 nitrogen and oxygen atoms in total. The number of hydrogen-bond acceptors (Lipinski definition) is 3. The molecule has 2 fully saturated rings. The Morgan fingerprint density at radius 3 is 2.71 bits per heavy atom. The molecule has 4 heteroatoms. The number of benzene rings is 1. The summed E-state index contributed by atoms with van der Waals surface area (Å²) in [6, 6.07) is 8.50. The number of carbonyl (C=O) groups excluding carboxylic acids is 1. The van der Waals surface area contributed by atoms with Gasteiger partial charge in [0.15, 0.2) is 0 Å². The van der Waals surface area contributed by atoms with Crippen molar-refractivity contribution in [3.63, 3.8) is 0 Å². The van der Waals surface area contributed by atoms with Crippen molar-refractivity contribution in [3.05, 3.63) is 35.4 Å². The summed E-state index contributed by atoms with van der Waals surface area (Å²) in [7, 11) is 0. The zero-order valence-electron chi connectivity index (χ0n) is 14.8. The predicted octanol–water partition coefficient (Wildman–Crippen LogP) is 2.97. The van der Waals surface area contributed by atoms with E-state index in [1.165, 1.54) is 24.0 Å². The number of carbonyl (C=O) groups is 1. The Labute approximate surface area is 144 Å². The highest BCUT2D eigenvalue weighted by molar-refractivity contribution is 5.80. The van der Waals surface area contributed by atoms with E-state index in [4.69, 9.17) is 9.47 Å². The van der Waals surface area contributed by atoms with E-state index in [2.05, 4.69) is 36.5 Å². The molecule has 0 unspecified atom stereocenters. The van der Waals surface area contributed by atoms with E-state index in [9.17, 15) is 4.79 Å². The number of amides is 1. The molecule has 3 rings (SSSR count). The van der Waals surface area contributed by atoms with Gasteiger partial charge in [0.1, 0.15) is 6.10 Å². The first-order valence-electron chi connectivity index (χ1n) is 9.14. The van der Waals surface area contributed by atoms with Crippen LogP contribution in [0, 0.1) is 12.8 Å². The molecule has 0 spiro atoms. The van der Waals surface area contributed by atoms with E-state index in [1.54, 1.807) is 0 Å². The topological polar surface area (TPSA) is 47.6 Å². The van der Waals surface area contributed by atoms with Gasteiger partial charge in [-0.15, -0.1) is 0 Å². The minimum absolute atomic E-state index is 0.00454. The fourth-order valence-electron chi connectivity index (χ4n) is 3.51. The molecule has 1 aliphatic carbocycles. The summed E-state index contributed by atoms with van der Waals surface area (Å²) in [6.45, 7) is 6.86. The fourth-order valence-corrected chi connectivity index (χ4v) is 3.51. The molecule has 1 N–H and O–H groups in total. The van der Waals surface area contributed by atoms with E-state index < -0.39 is 0 Å². The highest BCUT2D eigenvalue weighted by atomic mass is 16.5. The van der Waals surface area contributed by atoms with E-state index >= 15 is 0 Å². The van der Waals surface area contributed by atoms with Crippen LogP contribution >= 0.6 is 0 Å². The normalized spacial score (nSPS) is 21.2. The first kappa shape index (κ1) is 17.4. The van der Waals surface area contributed by atoms with Crippen molar-refractivity contribution in [2.75, 3.05) is 26.4 Å². The van der Waals surface area contributed by atoms with Crippen LogP contribution in [0.25, 0.3) is 0 Å². The van der Waals surface area contributed by atoms with Gasteiger partial charge in [-0.1, -0.05) is 24.3 Å². The van der Waals surface area contributed by atoms with Crippen molar-refractivity contribution < 1.29 is 14.3 Å².